The van der Waals surface area contributed by atoms with E-state index in [2.05, 4.69) is 16.8 Å². The van der Waals surface area contributed by atoms with Crippen molar-refractivity contribution in [3.8, 4) is 0 Å². The summed E-state index contributed by atoms with van der Waals surface area (Å²) in [5, 5.41) is 0. The zero-order chi connectivity index (χ0) is 10.6. The lowest BCUT2D eigenvalue weighted by Gasteiger charge is -2.31. The van der Waals surface area contributed by atoms with Crippen molar-refractivity contribution in [2.45, 2.75) is 32.9 Å². The van der Waals surface area contributed by atoms with E-state index in [-0.39, 0.29) is 12.1 Å². The highest BCUT2D eigenvalue weighted by atomic mass is 16.5. The highest BCUT2D eigenvalue weighted by Crippen LogP contribution is 2.05. The lowest BCUT2D eigenvalue weighted by Crippen LogP contribution is -2.48. The van der Waals surface area contributed by atoms with Crippen LogP contribution in [-0.2, 0) is 4.74 Å². The smallest absolute Gasteiger partial charge is 0.127 e. The van der Waals surface area contributed by atoms with Crippen LogP contribution in [0.1, 0.15) is 20.8 Å². The number of nitrogens with two attached hydrogens (primary N) is 1. The van der Waals surface area contributed by atoms with Crippen molar-refractivity contribution in [3.63, 3.8) is 0 Å². The van der Waals surface area contributed by atoms with E-state index in [1.807, 2.05) is 13.8 Å². The van der Waals surface area contributed by atoms with Crippen LogP contribution in [0.25, 0.3) is 0 Å². The van der Waals surface area contributed by atoms with Crippen molar-refractivity contribution >= 4 is 5.84 Å². The maximum absolute atomic E-state index is 5.86. The summed E-state index contributed by atoms with van der Waals surface area (Å²) in [4.78, 5) is 6.64. The van der Waals surface area contributed by atoms with Gasteiger partial charge in [0.05, 0.1) is 6.61 Å². The molecule has 4 nitrogen and oxygen atoms in total. The van der Waals surface area contributed by atoms with Crippen LogP contribution in [-0.4, -0.2) is 49.1 Å². The first-order valence-electron chi connectivity index (χ1n) is 5.30. The molecule has 14 heavy (non-hydrogen) atoms. The number of hydrogen-bond donors (Lipinski definition) is 1. The Morgan fingerprint density at radius 1 is 1.64 bits per heavy atom. The van der Waals surface area contributed by atoms with Gasteiger partial charge < -0.3 is 10.5 Å². The fourth-order valence-corrected chi connectivity index (χ4v) is 1.55. The normalized spacial score (nSPS) is 25.7. The van der Waals surface area contributed by atoms with E-state index in [0.29, 0.717) is 5.84 Å². The standard InChI is InChI=1S/C10H21N3O/c1-4-13-5-6-14-9(7-13)10(11)12-8(2)3/h8-9H,4-7H2,1-3H3,(H2,11,12). The Morgan fingerprint density at radius 2 is 2.36 bits per heavy atom. The Hall–Kier alpha value is -0.610. The van der Waals surface area contributed by atoms with Crippen molar-refractivity contribution < 1.29 is 4.74 Å². The fraction of sp³-hybridized carbons (Fsp3) is 0.900. The van der Waals surface area contributed by atoms with Gasteiger partial charge in [-0.15, -0.1) is 0 Å². The Labute approximate surface area is 86.1 Å². The van der Waals surface area contributed by atoms with Crippen LogP contribution in [0.4, 0.5) is 0 Å². The quantitative estimate of drug-likeness (QED) is 0.531. The number of amidine groups is 1. The molecule has 1 unspecified atom stereocenters. The first-order chi connectivity index (χ1) is 6.63. The molecular formula is C10H21N3O. The first-order valence-corrected chi connectivity index (χ1v) is 5.30. The topological polar surface area (TPSA) is 50.9 Å². The maximum atomic E-state index is 5.86. The molecule has 1 saturated heterocycles. The highest BCUT2D eigenvalue weighted by molar-refractivity contribution is 5.85. The third-order valence-electron chi connectivity index (χ3n) is 2.33. The van der Waals surface area contributed by atoms with E-state index in [4.69, 9.17) is 10.5 Å². The van der Waals surface area contributed by atoms with Crippen LogP contribution >= 0.6 is 0 Å². The molecule has 0 aromatic heterocycles. The van der Waals surface area contributed by atoms with Crippen molar-refractivity contribution in [1.82, 2.24) is 4.90 Å². The molecule has 0 radical (unpaired) electrons. The Balaban J connectivity index is 2.51. The molecule has 0 spiro atoms. The minimum Gasteiger partial charge on any atom is -0.385 e. The van der Waals surface area contributed by atoms with E-state index in [9.17, 15) is 0 Å². The maximum Gasteiger partial charge on any atom is 0.127 e. The number of ether oxygens (including phenoxy) is 1. The third kappa shape index (κ3) is 3.27. The Bertz CT molecular complexity index is 204. The minimum atomic E-state index is -0.00824. The number of morpholine rings is 1. The molecule has 0 amide bonds. The molecule has 0 aliphatic carbocycles. The predicted molar refractivity (Wildman–Crippen MR) is 58.6 cm³/mol. The van der Waals surface area contributed by atoms with E-state index >= 15 is 0 Å². The summed E-state index contributed by atoms with van der Waals surface area (Å²) in [5.74, 6) is 0.637. The molecule has 2 N–H and O–H groups in total. The number of aliphatic imine (C=N–C) groups is 1. The summed E-state index contributed by atoms with van der Waals surface area (Å²) in [5.41, 5.74) is 5.86. The van der Waals surface area contributed by atoms with Crippen LogP contribution < -0.4 is 5.73 Å². The zero-order valence-corrected chi connectivity index (χ0v) is 9.36. The molecule has 82 valence electrons. The second kappa shape index (κ2) is 5.32. The molecule has 1 heterocycles. The van der Waals surface area contributed by atoms with Crippen molar-refractivity contribution in [2.24, 2.45) is 10.7 Å². The molecule has 1 aliphatic rings. The van der Waals surface area contributed by atoms with Gasteiger partial charge in [-0.05, 0) is 20.4 Å². The Morgan fingerprint density at radius 3 is 2.93 bits per heavy atom. The van der Waals surface area contributed by atoms with Crippen molar-refractivity contribution in [3.05, 3.63) is 0 Å². The van der Waals surface area contributed by atoms with Crippen LogP contribution in [0.2, 0.25) is 0 Å². The number of rotatable bonds is 3. The summed E-state index contributed by atoms with van der Waals surface area (Å²) in [6.07, 6.45) is -0.00824. The SMILES string of the molecule is CCN1CCOC(C(N)=NC(C)C)C1. The monoisotopic (exact) mass is 199 g/mol. The lowest BCUT2D eigenvalue weighted by molar-refractivity contribution is 0.00803. The summed E-state index contributed by atoms with van der Waals surface area (Å²) >= 11 is 0. The molecule has 1 aliphatic heterocycles. The second-order valence-electron chi connectivity index (χ2n) is 3.90. The van der Waals surface area contributed by atoms with Crippen LogP contribution in [0.3, 0.4) is 0 Å². The first kappa shape index (κ1) is 11.5. The van der Waals surface area contributed by atoms with Gasteiger partial charge in [-0.3, -0.25) is 9.89 Å². The van der Waals surface area contributed by atoms with E-state index in [0.717, 1.165) is 26.2 Å². The summed E-state index contributed by atoms with van der Waals surface area (Å²) in [7, 11) is 0. The third-order valence-corrected chi connectivity index (χ3v) is 2.33. The molecule has 1 rings (SSSR count). The second-order valence-corrected chi connectivity index (χ2v) is 3.90. The van der Waals surface area contributed by atoms with E-state index in [1.165, 1.54) is 0 Å². The summed E-state index contributed by atoms with van der Waals surface area (Å²) < 4.78 is 5.58. The zero-order valence-electron chi connectivity index (χ0n) is 9.36. The van der Waals surface area contributed by atoms with Crippen LogP contribution in [0.5, 0.6) is 0 Å². The van der Waals surface area contributed by atoms with Gasteiger partial charge in [-0.2, -0.15) is 0 Å². The van der Waals surface area contributed by atoms with Gasteiger partial charge in [0.2, 0.25) is 0 Å². The van der Waals surface area contributed by atoms with Gasteiger partial charge in [0.15, 0.2) is 0 Å². The fourth-order valence-electron chi connectivity index (χ4n) is 1.55. The van der Waals surface area contributed by atoms with Gasteiger partial charge in [0, 0.05) is 19.1 Å². The van der Waals surface area contributed by atoms with Crippen molar-refractivity contribution in [1.29, 1.82) is 0 Å². The minimum absolute atomic E-state index is 0.00824. The van der Waals surface area contributed by atoms with E-state index < -0.39 is 0 Å². The molecule has 1 atom stereocenters. The van der Waals surface area contributed by atoms with Crippen LogP contribution in [0.15, 0.2) is 4.99 Å². The van der Waals surface area contributed by atoms with Crippen molar-refractivity contribution in [2.75, 3.05) is 26.2 Å². The average Bonchev–Trinajstić information content (AvgIpc) is 2.17. The summed E-state index contributed by atoms with van der Waals surface area (Å²) in [6.45, 7) is 9.88. The molecule has 4 heteroatoms. The van der Waals surface area contributed by atoms with Gasteiger partial charge >= 0.3 is 0 Å². The molecule has 0 aromatic carbocycles. The molecule has 0 bridgehead atoms. The highest BCUT2D eigenvalue weighted by Gasteiger charge is 2.22. The number of hydrogen-bond acceptors (Lipinski definition) is 3. The van der Waals surface area contributed by atoms with Crippen LogP contribution in [0, 0.1) is 0 Å². The molecule has 0 saturated carbocycles. The van der Waals surface area contributed by atoms with Gasteiger partial charge in [-0.25, -0.2) is 0 Å². The average molecular weight is 199 g/mol. The Kier molecular flexibility index (Phi) is 4.35. The number of likely N-dealkylation sites (N-methyl/N-ethyl adjacent to an activating group) is 1. The molecule has 0 aromatic rings. The van der Waals surface area contributed by atoms with Gasteiger partial charge in [-0.1, -0.05) is 6.92 Å². The van der Waals surface area contributed by atoms with Gasteiger partial charge in [0.25, 0.3) is 0 Å². The van der Waals surface area contributed by atoms with E-state index in [1.54, 1.807) is 0 Å². The summed E-state index contributed by atoms with van der Waals surface area (Å²) in [6, 6.07) is 0.246. The molecular weight excluding hydrogens is 178 g/mol. The largest absolute Gasteiger partial charge is 0.385 e. The number of nitrogens with zero attached hydrogens (tertiary/aromatic N) is 2. The van der Waals surface area contributed by atoms with Gasteiger partial charge in [0.1, 0.15) is 11.9 Å². The predicted octanol–water partition coefficient (Wildman–Crippen LogP) is 0.473. The lowest BCUT2D eigenvalue weighted by atomic mass is 10.2. The molecule has 1 fully saturated rings.